The molecule has 1 atom stereocenters. The van der Waals surface area contributed by atoms with Crippen LogP contribution in [-0.2, 0) is 0 Å². The van der Waals surface area contributed by atoms with E-state index in [1.165, 1.54) is 0 Å². The highest BCUT2D eigenvalue weighted by molar-refractivity contribution is 5.04. The molecule has 0 amide bonds. The van der Waals surface area contributed by atoms with Gasteiger partial charge >= 0.3 is 12.1 Å². The summed E-state index contributed by atoms with van der Waals surface area (Å²) in [6.07, 6.45) is -5.82. The van der Waals surface area contributed by atoms with E-state index >= 15 is 0 Å². The molecule has 0 N–H and O–H groups in total. The highest BCUT2D eigenvalue weighted by Crippen LogP contribution is 2.50. The molecule has 0 saturated carbocycles. The van der Waals surface area contributed by atoms with E-state index in [0.29, 0.717) is 0 Å². The van der Waals surface area contributed by atoms with E-state index in [9.17, 15) is 30.7 Å². The Kier molecular flexibility index (Phi) is 2.89. The molecule has 0 aliphatic heterocycles. The third kappa shape index (κ3) is 1.81. The number of alkyl halides is 7. The zero-order chi connectivity index (χ0) is 12.0. The second-order valence-electron chi connectivity index (χ2n) is 3.55. The minimum Gasteiger partial charge on any atom is -0.238 e. The predicted molar refractivity (Wildman–Crippen MR) is 35.7 cm³/mol. The monoisotopic (exact) mass is 226 g/mol. The molecule has 7 heteroatoms. The maximum absolute atomic E-state index is 12.8. The Labute approximate surface area is 76.1 Å². The molecule has 0 fully saturated rings. The van der Waals surface area contributed by atoms with Gasteiger partial charge < -0.3 is 0 Å². The first-order chi connectivity index (χ1) is 5.75. The smallest absolute Gasteiger partial charge is 0.238 e. The lowest BCUT2D eigenvalue weighted by molar-refractivity contribution is -0.321. The molecule has 0 nitrogen and oxygen atoms in total. The first kappa shape index (κ1) is 13.5. The van der Waals surface area contributed by atoms with E-state index in [0.717, 1.165) is 0 Å². The molecule has 0 bridgehead atoms. The Morgan fingerprint density at radius 3 is 1.00 bits per heavy atom. The van der Waals surface area contributed by atoms with Crippen LogP contribution in [0.1, 0.15) is 20.8 Å². The van der Waals surface area contributed by atoms with Gasteiger partial charge in [0.05, 0.1) is 0 Å². The van der Waals surface area contributed by atoms with Crippen LogP contribution in [0.15, 0.2) is 0 Å². The summed E-state index contributed by atoms with van der Waals surface area (Å²) in [5.74, 6) is -5.14. The van der Waals surface area contributed by atoms with Gasteiger partial charge in [-0.25, -0.2) is 8.78 Å². The van der Waals surface area contributed by atoms with E-state index in [2.05, 4.69) is 0 Å². The molecule has 0 aliphatic carbocycles. The second kappa shape index (κ2) is 3.00. The van der Waals surface area contributed by atoms with Crippen LogP contribution in [0, 0.1) is 0 Å². The van der Waals surface area contributed by atoms with Crippen LogP contribution in [0.25, 0.3) is 0 Å². The van der Waals surface area contributed by atoms with Crippen LogP contribution in [0.4, 0.5) is 30.7 Å². The molecule has 1 unspecified atom stereocenters. The van der Waals surface area contributed by atoms with Crippen molar-refractivity contribution in [3.63, 3.8) is 0 Å². The van der Waals surface area contributed by atoms with Crippen LogP contribution < -0.4 is 0 Å². The van der Waals surface area contributed by atoms with E-state index in [1.54, 1.807) is 0 Å². The van der Waals surface area contributed by atoms with Gasteiger partial charge in [-0.3, -0.25) is 0 Å². The van der Waals surface area contributed by atoms with E-state index < -0.39 is 23.4 Å². The largest absolute Gasteiger partial charge is 0.428 e. The highest BCUT2D eigenvalue weighted by atomic mass is 19.4. The Bertz CT molecular complexity index is 183. The summed E-state index contributed by atoms with van der Waals surface area (Å²) in [7, 11) is 0. The lowest BCUT2D eigenvalue weighted by Crippen LogP contribution is -2.61. The van der Waals surface area contributed by atoms with Gasteiger partial charge in [0.25, 0.3) is 5.67 Å². The van der Waals surface area contributed by atoms with Crippen molar-refractivity contribution in [2.45, 2.75) is 44.2 Å². The number of rotatable bonds is 2. The fourth-order valence-corrected chi connectivity index (χ4v) is 0.736. The fraction of sp³-hybridized carbons (Fsp3) is 1.00. The summed E-state index contributed by atoms with van der Waals surface area (Å²) in [6, 6.07) is 0. The van der Waals surface area contributed by atoms with Crippen molar-refractivity contribution in [1.82, 2.24) is 0 Å². The topological polar surface area (TPSA) is 0 Å². The van der Waals surface area contributed by atoms with Crippen molar-refractivity contribution in [3.05, 3.63) is 0 Å². The quantitative estimate of drug-likeness (QED) is 0.630. The average Bonchev–Trinajstić information content (AvgIpc) is 1.81. The molecule has 0 radical (unpaired) electrons. The number of hydrogen-bond donors (Lipinski definition) is 0. The highest BCUT2D eigenvalue weighted by Gasteiger charge is 2.73. The predicted octanol–water partition coefficient (Wildman–Crippen LogP) is 3.66. The Balaban J connectivity index is 5.30. The van der Waals surface area contributed by atoms with Gasteiger partial charge in [0.2, 0.25) is 0 Å². The second-order valence-corrected chi connectivity index (χ2v) is 3.55. The van der Waals surface area contributed by atoms with Crippen LogP contribution in [0.2, 0.25) is 0 Å². The van der Waals surface area contributed by atoms with Gasteiger partial charge in [0, 0.05) is 0 Å². The van der Waals surface area contributed by atoms with Crippen molar-refractivity contribution in [2.24, 2.45) is 0 Å². The summed E-state index contributed by atoms with van der Waals surface area (Å²) in [5, 5.41) is 0. The zero-order valence-corrected chi connectivity index (χ0v) is 7.65. The first-order valence-corrected chi connectivity index (χ1v) is 3.57. The van der Waals surface area contributed by atoms with Crippen LogP contribution in [0.5, 0.6) is 0 Å². The molecule has 0 heterocycles. The standard InChI is InChI=1S/C7H9F7/c1-4(2,8)6(10,11)5(3,9)7(12,13)14/h1-3H3. The zero-order valence-electron chi connectivity index (χ0n) is 7.65. The maximum Gasteiger partial charge on any atom is 0.428 e. The molecule has 0 rings (SSSR count). The van der Waals surface area contributed by atoms with Crippen LogP contribution in [-0.4, -0.2) is 23.4 Å². The minimum atomic E-state index is -5.82. The van der Waals surface area contributed by atoms with Gasteiger partial charge in [-0.15, -0.1) is 0 Å². The van der Waals surface area contributed by atoms with Crippen molar-refractivity contribution in [1.29, 1.82) is 0 Å². The average molecular weight is 226 g/mol. The number of hydrogen-bond acceptors (Lipinski definition) is 0. The first-order valence-electron chi connectivity index (χ1n) is 3.57. The molecular formula is C7H9F7. The minimum absolute atomic E-state index is 0.191. The summed E-state index contributed by atoms with van der Waals surface area (Å²) >= 11 is 0. The lowest BCUT2D eigenvalue weighted by Gasteiger charge is -2.37. The van der Waals surface area contributed by atoms with Gasteiger partial charge in [-0.05, 0) is 20.8 Å². The molecule has 0 aliphatic rings. The van der Waals surface area contributed by atoms with Crippen LogP contribution in [0.3, 0.4) is 0 Å². The normalized spacial score (nSPS) is 19.3. The van der Waals surface area contributed by atoms with Gasteiger partial charge in [0.15, 0.2) is 5.67 Å². The van der Waals surface area contributed by atoms with Crippen molar-refractivity contribution in [3.8, 4) is 0 Å². The van der Waals surface area contributed by atoms with Gasteiger partial charge in [0.1, 0.15) is 0 Å². The summed E-state index contributed by atoms with van der Waals surface area (Å²) in [5.41, 5.74) is -8.48. The molecular weight excluding hydrogens is 217 g/mol. The van der Waals surface area contributed by atoms with Crippen molar-refractivity contribution >= 4 is 0 Å². The Hall–Kier alpha value is -0.490. The van der Waals surface area contributed by atoms with Gasteiger partial charge in [-0.2, -0.15) is 22.0 Å². The SMILES string of the molecule is CC(C)(F)C(F)(F)C(C)(F)C(F)(F)F. The lowest BCUT2D eigenvalue weighted by atomic mass is 9.88. The molecule has 0 aromatic rings. The fourth-order valence-electron chi connectivity index (χ4n) is 0.736. The molecule has 0 aromatic carbocycles. The maximum atomic E-state index is 12.8. The summed E-state index contributed by atoms with van der Waals surface area (Å²) in [6.45, 7) is 0.00146. The third-order valence-corrected chi connectivity index (χ3v) is 1.87. The van der Waals surface area contributed by atoms with Crippen LogP contribution >= 0.6 is 0 Å². The molecule has 0 spiro atoms. The van der Waals surface area contributed by atoms with E-state index in [4.69, 9.17) is 0 Å². The summed E-state index contributed by atoms with van der Waals surface area (Å²) in [4.78, 5) is 0. The molecule has 86 valence electrons. The molecule has 0 aromatic heterocycles. The number of halogens is 7. The third-order valence-electron chi connectivity index (χ3n) is 1.87. The van der Waals surface area contributed by atoms with Crippen molar-refractivity contribution in [2.75, 3.05) is 0 Å². The van der Waals surface area contributed by atoms with Crippen molar-refractivity contribution < 1.29 is 30.7 Å². The molecule has 14 heavy (non-hydrogen) atoms. The molecule has 0 saturated heterocycles. The Morgan fingerprint density at radius 2 is 0.929 bits per heavy atom. The summed E-state index contributed by atoms with van der Waals surface area (Å²) < 4.78 is 86.4. The van der Waals surface area contributed by atoms with Gasteiger partial charge in [-0.1, -0.05) is 0 Å². The van der Waals surface area contributed by atoms with E-state index in [1.807, 2.05) is 0 Å². The Morgan fingerprint density at radius 1 is 0.643 bits per heavy atom. The van der Waals surface area contributed by atoms with E-state index in [-0.39, 0.29) is 20.8 Å².